The van der Waals surface area contributed by atoms with E-state index in [4.69, 9.17) is 0 Å². The van der Waals surface area contributed by atoms with Gasteiger partial charge in [0.2, 0.25) is 0 Å². The van der Waals surface area contributed by atoms with Crippen LogP contribution in [0.1, 0.15) is 31.0 Å². The maximum Gasteiger partial charge on any atom is 0.191 e. The van der Waals surface area contributed by atoms with Gasteiger partial charge in [-0.3, -0.25) is 4.99 Å². The zero-order valence-corrected chi connectivity index (χ0v) is 17.8. The molecule has 4 nitrogen and oxygen atoms in total. The fourth-order valence-electron chi connectivity index (χ4n) is 2.60. The minimum atomic E-state index is -0.620. The first-order valence-electron chi connectivity index (χ1n) is 8.71. The molecule has 2 rings (SSSR count). The lowest BCUT2D eigenvalue weighted by atomic mass is 10.1. The highest BCUT2D eigenvalue weighted by Gasteiger charge is 2.13. The van der Waals surface area contributed by atoms with Crippen molar-refractivity contribution >= 4 is 29.9 Å². The lowest BCUT2D eigenvalue weighted by molar-refractivity contribution is 0.183. The van der Waals surface area contributed by atoms with E-state index in [0.717, 1.165) is 11.6 Å². The number of aliphatic imine (C=N–C) groups is 1. The summed E-state index contributed by atoms with van der Waals surface area (Å²) in [6.45, 7) is 4.52. The zero-order chi connectivity index (χ0) is 18.9. The van der Waals surface area contributed by atoms with Crippen molar-refractivity contribution in [1.82, 2.24) is 10.6 Å². The summed E-state index contributed by atoms with van der Waals surface area (Å²) in [6, 6.07) is 12.8. The Bertz CT molecular complexity index is 728. The van der Waals surface area contributed by atoms with Gasteiger partial charge >= 0.3 is 0 Å². The average molecular weight is 489 g/mol. The van der Waals surface area contributed by atoms with Crippen LogP contribution in [0.4, 0.5) is 8.78 Å². The van der Waals surface area contributed by atoms with Crippen molar-refractivity contribution in [2.24, 2.45) is 4.99 Å². The van der Waals surface area contributed by atoms with Gasteiger partial charge in [-0.25, -0.2) is 8.78 Å². The quantitative estimate of drug-likeness (QED) is 0.315. The van der Waals surface area contributed by atoms with Gasteiger partial charge in [-0.15, -0.1) is 24.0 Å². The van der Waals surface area contributed by atoms with E-state index >= 15 is 0 Å². The van der Waals surface area contributed by atoms with Gasteiger partial charge in [0.1, 0.15) is 11.6 Å². The first kappa shape index (κ1) is 23.3. The van der Waals surface area contributed by atoms with Crippen LogP contribution in [0, 0.1) is 11.6 Å². The Morgan fingerprint density at radius 2 is 1.85 bits per heavy atom. The van der Waals surface area contributed by atoms with Crippen LogP contribution in [0.3, 0.4) is 0 Å². The van der Waals surface area contributed by atoms with Crippen LogP contribution >= 0.6 is 24.0 Å². The van der Waals surface area contributed by atoms with Crippen molar-refractivity contribution in [3.05, 3.63) is 71.3 Å². The highest BCUT2D eigenvalue weighted by atomic mass is 127. The van der Waals surface area contributed by atoms with E-state index in [0.29, 0.717) is 24.5 Å². The number of nitrogens with one attached hydrogen (secondary N) is 2. The van der Waals surface area contributed by atoms with Gasteiger partial charge in [-0.1, -0.05) is 36.4 Å². The molecule has 2 aromatic carbocycles. The molecule has 0 aliphatic carbocycles. The van der Waals surface area contributed by atoms with Crippen LogP contribution in [0.15, 0.2) is 53.5 Å². The Hall–Kier alpha value is -1.74. The van der Waals surface area contributed by atoms with Gasteiger partial charge in [0.15, 0.2) is 5.96 Å². The predicted octanol–water partition coefficient (Wildman–Crippen LogP) is 3.80. The monoisotopic (exact) mass is 489 g/mol. The fraction of sp³-hybridized carbons (Fsp3) is 0.350. The summed E-state index contributed by atoms with van der Waals surface area (Å²) >= 11 is 0. The fourth-order valence-corrected chi connectivity index (χ4v) is 2.60. The molecule has 0 radical (unpaired) electrons. The van der Waals surface area contributed by atoms with E-state index in [2.05, 4.69) is 15.6 Å². The molecule has 2 atom stereocenters. The van der Waals surface area contributed by atoms with Crippen LogP contribution < -0.4 is 10.6 Å². The van der Waals surface area contributed by atoms with Gasteiger partial charge in [-0.2, -0.15) is 0 Å². The van der Waals surface area contributed by atoms with E-state index in [-0.39, 0.29) is 30.5 Å². The smallest absolute Gasteiger partial charge is 0.191 e. The van der Waals surface area contributed by atoms with Crippen LogP contribution in [-0.4, -0.2) is 30.3 Å². The third-order valence-electron chi connectivity index (χ3n) is 3.90. The van der Waals surface area contributed by atoms with Gasteiger partial charge in [0.05, 0.1) is 18.7 Å². The minimum Gasteiger partial charge on any atom is -0.391 e. The van der Waals surface area contributed by atoms with E-state index < -0.39 is 23.8 Å². The second-order valence-corrected chi connectivity index (χ2v) is 6.10. The molecule has 148 valence electrons. The van der Waals surface area contributed by atoms with E-state index in [1.165, 1.54) is 12.1 Å². The number of hydrogen-bond donors (Lipinski definition) is 3. The van der Waals surface area contributed by atoms with Crippen LogP contribution in [0.2, 0.25) is 0 Å². The normalized spacial score (nSPS) is 13.4. The Balaban J connectivity index is 0.00000364. The second-order valence-electron chi connectivity index (χ2n) is 6.10. The van der Waals surface area contributed by atoms with E-state index in [1.54, 1.807) is 6.92 Å². The van der Waals surface area contributed by atoms with Crippen molar-refractivity contribution in [3.63, 3.8) is 0 Å². The maximum absolute atomic E-state index is 13.9. The van der Waals surface area contributed by atoms with Gasteiger partial charge < -0.3 is 15.7 Å². The Morgan fingerprint density at radius 3 is 2.48 bits per heavy atom. The summed E-state index contributed by atoms with van der Waals surface area (Å²) in [5.41, 5.74) is 1.39. The topological polar surface area (TPSA) is 56.7 Å². The molecule has 2 unspecified atom stereocenters. The highest BCUT2D eigenvalue weighted by Crippen LogP contribution is 2.17. The summed E-state index contributed by atoms with van der Waals surface area (Å²) in [4.78, 5) is 4.37. The number of hydrogen-bond acceptors (Lipinski definition) is 2. The molecular weight excluding hydrogens is 463 g/mol. The van der Waals surface area contributed by atoms with Crippen molar-refractivity contribution in [1.29, 1.82) is 0 Å². The van der Waals surface area contributed by atoms with Crippen molar-refractivity contribution in [2.45, 2.75) is 32.4 Å². The minimum absolute atomic E-state index is 0. The lowest BCUT2D eigenvalue weighted by Crippen LogP contribution is -2.39. The van der Waals surface area contributed by atoms with E-state index in [1.807, 2.05) is 37.3 Å². The summed E-state index contributed by atoms with van der Waals surface area (Å²) in [6.07, 6.45) is -0.114. The second kappa shape index (κ2) is 11.9. The Labute approximate surface area is 176 Å². The lowest BCUT2D eigenvalue weighted by Gasteiger charge is -2.19. The molecule has 0 fully saturated rings. The van der Waals surface area contributed by atoms with Crippen molar-refractivity contribution in [3.8, 4) is 0 Å². The van der Waals surface area contributed by atoms with Crippen LogP contribution in [0.25, 0.3) is 0 Å². The molecule has 0 amide bonds. The number of benzene rings is 2. The molecule has 0 heterocycles. The van der Waals surface area contributed by atoms with Crippen LogP contribution in [0.5, 0.6) is 0 Å². The molecule has 0 aliphatic heterocycles. The summed E-state index contributed by atoms with van der Waals surface area (Å²) in [7, 11) is 0. The number of guanidine groups is 1. The molecule has 27 heavy (non-hydrogen) atoms. The van der Waals surface area contributed by atoms with Gasteiger partial charge in [0, 0.05) is 24.6 Å². The molecule has 0 saturated heterocycles. The third kappa shape index (κ3) is 7.80. The molecule has 0 spiro atoms. The summed E-state index contributed by atoms with van der Waals surface area (Å²) < 4.78 is 27.0. The molecule has 0 aromatic heterocycles. The summed E-state index contributed by atoms with van der Waals surface area (Å²) in [5, 5.41) is 16.3. The molecule has 7 heteroatoms. The van der Waals surface area contributed by atoms with Crippen molar-refractivity contribution < 1.29 is 13.9 Å². The predicted molar refractivity (Wildman–Crippen MR) is 115 cm³/mol. The first-order chi connectivity index (χ1) is 12.5. The number of halogens is 3. The Morgan fingerprint density at radius 1 is 1.15 bits per heavy atom. The molecule has 0 bridgehead atoms. The Kier molecular flexibility index (Phi) is 10.2. The average Bonchev–Trinajstić information content (AvgIpc) is 2.60. The largest absolute Gasteiger partial charge is 0.391 e. The zero-order valence-electron chi connectivity index (χ0n) is 15.5. The number of rotatable bonds is 7. The first-order valence-corrected chi connectivity index (χ1v) is 8.71. The van der Waals surface area contributed by atoms with Gasteiger partial charge in [0.25, 0.3) is 0 Å². The van der Waals surface area contributed by atoms with Crippen LogP contribution in [-0.2, 0) is 6.42 Å². The summed E-state index contributed by atoms with van der Waals surface area (Å²) in [5.74, 6) is -0.746. The maximum atomic E-state index is 13.9. The van der Waals surface area contributed by atoms with E-state index in [9.17, 15) is 13.9 Å². The van der Waals surface area contributed by atoms with Crippen molar-refractivity contribution in [2.75, 3.05) is 13.1 Å². The SMILES string of the molecule is CCNC(=NCC(O)Cc1ccccc1)NC(C)c1ccc(F)cc1F.I. The number of aliphatic hydroxyl groups excluding tert-OH is 1. The number of aliphatic hydroxyl groups is 1. The number of nitrogens with zero attached hydrogens (tertiary/aromatic N) is 1. The molecule has 0 aliphatic rings. The molecular formula is C20H26F2IN3O. The third-order valence-corrected chi connectivity index (χ3v) is 3.90. The molecule has 2 aromatic rings. The highest BCUT2D eigenvalue weighted by molar-refractivity contribution is 14.0. The van der Waals surface area contributed by atoms with Gasteiger partial charge in [-0.05, 0) is 25.5 Å². The standard InChI is InChI=1S/C20H25F2N3O.HI/c1-3-23-20(24-13-17(26)11-15-7-5-4-6-8-15)25-14(2)18-10-9-16(21)12-19(18)22;/h4-10,12,14,17,26H,3,11,13H2,1-2H3,(H2,23,24,25);1H. The molecule has 0 saturated carbocycles. The molecule has 3 N–H and O–H groups in total.